The molecule has 0 fully saturated rings. The molecule has 5 nitrogen and oxygen atoms in total. The van der Waals surface area contributed by atoms with Crippen molar-refractivity contribution in [3.8, 4) is 0 Å². The van der Waals surface area contributed by atoms with E-state index in [2.05, 4.69) is 4.40 Å². The summed E-state index contributed by atoms with van der Waals surface area (Å²) in [5, 5.41) is -0.786. The monoisotopic (exact) mass is 269 g/mol. The highest BCUT2D eigenvalue weighted by Crippen LogP contribution is 2.37. The van der Waals surface area contributed by atoms with Crippen molar-refractivity contribution < 1.29 is 17.9 Å². The zero-order valence-electron chi connectivity index (χ0n) is 10.5. The van der Waals surface area contributed by atoms with Crippen molar-refractivity contribution in [2.75, 3.05) is 7.11 Å². The van der Waals surface area contributed by atoms with Crippen molar-refractivity contribution >= 4 is 16.1 Å². The Balaban J connectivity index is 2.55. The zero-order chi connectivity index (χ0) is 13.4. The maximum absolute atomic E-state index is 12.0. The predicted molar refractivity (Wildman–Crippen MR) is 67.7 cm³/mol. The second-order valence-corrected chi connectivity index (χ2v) is 6.21. The van der Waals surface area contributed by atoms with Crippen LogP contribution in [0.25, 0.3) is 0 Å². The lowest BCUT2D eigenvalue weighted by molar-refractivity contribution is 0.0291. The van der Waals surface area contributed by atoms with Gasteiger partial charge < -0.3 is 9.47 Å². The number of rotatable bonds is 1. The Labute approximate surface area is 106 Å². The topological polar surface area (TPSA) is 65.0 Å². The minimum atomic E-state index is -3.64. The molecule has 0 unspecified atom stereocenters. The first kappa shape index (κ1) is 12.9. The first-order valence-electron chi connectivity index (χ1n) is 5.52. The number of benzene rings is 1. The zero-order valence-corrected chi connectivity index (χ0v) is 11.3. The molecule has 1 aliphatic heterocycles. The largest absolute Gasteiger partial charge is 0.453 e. The Morgan fingerprint density at radius 3 is 2.50 bits per heavy atom. The quantitative estimate of drug-likeness (QED) is 0.777. The molecule has 98 valence electrons. The lowest BCUT2D eigenvalue weighted by atomic mass is 9.92. The molecule has 0 amide bonds. The highest BCUT2D eigenvalue weighted by molar-refractivity contribution is 7.91. The summed E-state index contributed by atoms with van der Waals surface area (Å²) in [5.74, 6) is 0. The summed E-state index contributed by atoms with van der Waals surface area (Å²) in [6.07, 6.45) is -0.223. The molecule has 0 saturated carbocycles. The third-order valence-corrected chi connectivity index (χ3v) is 4.99. The fourth-order valence-electron chi connectivity index (χ4n) is 1.89. The summed E-state index contributed by atoms with van der Waals surface area (Å²) in [7, 11) is -2.31. The molecule has 0 bridgehead atoms. The summed E-state index contributed by atoms with van der Waals surface area (Å²) in [6.45, 7) is 3.30. The van der Waals surface area contributed by atoms with Gasteiger partial charge in [-0.1, -0.05) is 34.7 Å². The first-order chi connectivity index (χ1) is 8.40. The van der Waals surface area contributed by atoms with Gasteiger partial charge in [-0.2, -0.15) is 0 Å². The number of nitrogens with zero attached hydrogens (tertiary/aromatic N) is 1. The van der Waals surface area contributed by atoms with E-state index in [1.54, 1.807) is 13.8 Å². The number of sulfonamides is 1. The summed E-state index contributed by atoms with van der Waals surface area (Å²) >= 11 is 0. The van der Waals surface area contributed by atoms with E-state index in [4.69, 9.17) is 9.47 Å². The van der Waals surface area contributed by atoms with Gasteiger partial charge in [0.1, 0.15) is 5.25 Å². The van der Waals surface area contributed by atoms with Crippen LogP contribution in [0.4, 0.5) is 0 Å². The summed E-state index contributed by atoms with van der Waals surface area (Å²) < 4.78 is 37.9. The first-order valence-corrected chi connectivity index (χ1v) is 7.03. The molecule has 0 aliphatic carbocycles. The third-order valence-electron chi connectivity index (χ3n) is 3.25. The Morgan fingerprint density at radius 2 is 1.94 bits per heavy atom. The average Bonchev–Trinajstić information content (AvgIpc) is 2.36. The van der Waals surface area contributed by atoms with E-state index in [-0.39, 0.29) is 6.08 Å². The van der Waals surface area contributed by atoms with Crippen LogP contribution in [0.5, 0.6) is 0 Å². The van der Waals surface area contributed by atoms with Crippen LogP contribution in [-0.2, 0) is 25.1 Å². The van der Waals surface area contributed by atoms with E-state index in [0.29, 0.717) is 0 Å². The standard InChI is InChI=1S/C12H15NO4S/c1-9-12(2,10-7-5-4-6-8-10)17-11(16-3)13-18(9,14)15/h4-9H,1-3H3/t9-,12-/m1/s1. The van der Waals surface area contributed by atoms with Crippen molar-refractivity contribution in [2.45, 2.75) is 24.7 Å². The van der Waals surface area contributed by atoms with Gasteiger partial charge in [0.05, 0.1) is 7.11 Å². The molecule has 0 N–H and O–H groups in total. The van der Waals surface area contributed by atoms with Crippen LogP contribution in [-0.4, -0.2) is 26.9 Å². The van der Waals surface area contributed by atoms with Gasteiger partial charge in [0, 0.05) is 0 Å². The van der Waals surface area contributed by atoms with E-state index < -0.39 is 20.9 Å². The van der Waals surface area contributed by atoms with Gasteiger partial charge in [0.25, 0.3) is 10.0 Å². The van der Waals surface area contributed by atoms with Gasteiger partial charge in [-0.15, -0.1) is 0 Å². The number of hydrogen-bond donors (Lipinski definition) is 0. The second kappa shape index (κ2) is 4.28. The molecule has 0 aromatic heterocycles. The van der Waals surface area contributed by atoms with Crippen molar-refractivity contribution in [1.29, 1.82) is 0 Å². The fraction of sp³-hybridized carbons (Fsp3) is 0.417. The molecule has 0 radical (unpaired) electrons. The molecule has 0 saturated heterocycles. The molecule has 0 spiro atoms. The number of ether oxygens (including phenoxy) is 2. The van der Waals surface area contributed by atoms with E-state index in [1.807, 2.05) is 30.3 Å². The van der Waals surface area contributed by atoms with E-state index >= 15 is 0 Å². The van der Waals surface area contributed by atoms with Gasteiger partial charge in [0.15, 0.2) is 5.60 Å². The van der Waals surface area contributed by atoms with Crippen LogP contribution in [0.2, 0.25) is 0 Å². The number of hydrogen-bond acceptors (Lipinski definition) is 4. The Bertz CT molecular complexity index is 567. The van der Waals surface area contributed by atoms with Gasteiger partial charge in [0.2, 0.25) is 0 Å². The van der Waals surface area contributed by atoms with Crippen LogP contribution in [0.3, 0.4) is 0 Å². The second-order valence-electron chi connectivity index (χ2n) is 4.29. The van der Waals surface area contributed by atoms with Gasteiger partial charge in [-0.25, -0.2) is 8.42 Å². The number of methoxy groups -OCH3 is 1. The van der Waals surface area contributed by atoms with Crippen molar-refractivity contribution in [2.24, 2.45) is 4.40 Å². The smallest absolute Gasteiger partial charge is 0.400 e. The maximum atomic E-state index is 12.0. The molecule has 1 aliphatic rings. The Kier molecular flexibility index (Phi) is 3.06. The highest BCUT2D eigenvalue weighted by atomic mass is 32.2. The lowest BCUT2D eigenvalue weighted by Crippen LogP contribution is -2.47. The predicted octanol–water partition coefficient (Wildman–Crippen LogP) is 1.65. The molecule has 1 aromatic carbocycles. The minimum Gasteiger partial charge on any atom is -0.453 e. The summed E-state index contributed by atoms with van der Waals surface area (Å²) in [4.78, 5) is 0. The van der Waals surface area contributed by atoms with Gasteiger partial charge >= 0.3 is 6.08 Å². The van der Waals surface area contributed by atoms with Crippen LogP contribution < -0.4 is 0 Å². The molecular formula is C12H15NO4S. The Morgan fingerprint density at radius 1 is 1.33 bits per heavy atom. The van der Waals surface area contributed by atoms with Crippen molar-refractivity contribution in [1.82, 2.24) is 0 Å². The van der Waals surface area contributed by atoms with Crippen LogP contribution in [0, 0.1) is 0 Å². The average molecular weight is 269 g/mol. The fourth-order valence-corrected chi connectivity index (χ4v) is 3.12. The molecule has 18 heavy (non-hydrogen) atoms. The Hall–Kier alpha value is -1.56. The molecule has 2 atom stereocenters. The van der Waals surface area contributed by atoms with E-state index in [9.17, 15) is 8.42 Å². The van der Waals surface area contributed by atoms with E-state index in [1.165, 1.54) is 7.11 Å². The summed E-state index contributed by atoms with van der Waals surface area (Å²) in [5.41, 5.74) is -0.238. The third kappa shape index (κ3) is 1.96. The molecular weight excluding hydrogens is 254 g/mol. The summed E-state index contributed by atoms with van der Waals surface area (Å²) in [6, 6.07) is 9.18. The SMILES string of the molecule is COC1=NS(=O)(=O)[C@H](C)[C@](C)(c2ccccc2)O1. The van der Waals surface area contributed by atoms with Crippen LogP contribution >= 0.6 is 0 Å². The lowest BCUT2D eigenvalue weighted by Gasteiger charge is -2.37. The molecule has 6 heteroatoms. The van der Waals surface area contributed by atoms with Crippen molar-refractivity contribution in [3.63, 3.8) is 0 Å². The van der Waals surface area contributed by atoms with Gasteiger partial charge in [-0.3, -0.25) is 0 Å². The van der Waals surface area contributed by atoms with Crippen LogP contribution in [0.15, 0.2) is 34.7 Å². The normalized spacial score (nSPS) is 30.2. The molecule has 1 aromatic rings. The minimum absolute atomic E-state index is 0.223. The van der Waals surface area contributed by atoms with Crippen LogP contribution in [0.1, 0.15) is 19.4 Å². The van der Waals surface area contributed by atoms with E-state index in [0.717, 1.165) is 5.56 Å². The molecule has 2 rings (SSSR count). The highest BCUT2D eigenvalue weighted by Gasteiger charge is 2.48. The molecule has 1 heterocycles. The maximum Gasteiger partial charge on any atom is 0.400 e. The van der Waals surface area contributed by atoms with Crippen molar-refractivity contribution in [3.05, 3.63) is 35.9 Å². The van der Waals surface area contributed by atoms with Gasteiger partial charge in [-0.05, 0) is 19.4 Å².